The molecule has 0 aliphatic heterocycles. The van der Waals surface area contributed by atoms with Crippen molar-refractivity contribution < 1.29 is 0 Å². The summed E-state index contributed by atoms with van der Waals surface area (Å²) >= 11 is 0. The lowest BCUT2D eigenvalue weighted by atomic mass is 9.93. The van der Waals surface area contributed by atoms with Gasteiger partial charge in [-0.1, -0.05) is 6.08 Å². The van der Waals surface area contributed by atoms with Gasteiger partial charge in [0.1, 0.15) is 11.3 Å². The summed E-state index contributed by atoms with van der Waals surface area (Å²) in [5.74, 6) is 1.31. The number of allylic oxidation sites excluding steroid dienone is 1. The Morgan fingerprint density at radius 3 is 2.79 bits per heavy atom. The number of fused-ring (bicyclic) bond motifs is 2. The summed E-state index contributed by atoms with van der Waals surface area (Å²) in [7, 11) is 0. The Kier molecular flexibility index (Phi) is 3.33. The van der Waals surface area contributed by atoms with E-state index < -0.39 is 0 Å². The summed E-state index contributed by atoms with van der Waals surface area (Å²) in [4.78, 5) is 18.1. The van der Waals surface area contributed by atoms with Gasteiger partial charge in [0.05, 0.1) is 11.4 Å². The molecule has 6 heteroatoms. The molecule has 3 aromatic heterocycles. The largest absolute Gasteiger partial charge is 0.368 e. The number of imidazole rings is 1. The Bertz CT molecular complexity index is 967. The molecule has 0 amide bonds. The number of hydrogen-bond acceptors (Lipinski definition) is 5. The fourth-order valence-corrected chi connectivity index (χ4v) is 3.41. The molecule has 0 bridgehead atoms. The van der Waals surface area contributed by atoms with Crippen molar-refractivity contribution in [2.75, 3.05) is 5.73 Å². The van der Waals surface area contributed by atoms with E-state index >= 15 is 0 Å². The lowest BCUT2D eigenvalue weighted by Gasteiger charge is -2.17. The van der Waals surface area contributed by atoms with Crippen molar-refractivity contribution in [1.29, 1.82) is 0 Å². The average Bonchev–Trinajstić information content (AvgIpc) is 2.88. The minimum Gasteiger partial charge on any atom is -0.368 e. The van der Waals surface area contributed by atoms with Crippen molar-refractivity contribution in [2.45, 2.75) is 39.7 Å². The van der Waals surface area contributed by atoms with Crippen molar-refractivity contribution >= 4 is 22.7 Å². The van der Waals surface area contributed by atoms with E-state index in [9.17, 15) is 0 Å². The molecule has 1 aliphatic carbocycles. The van der Waals surface area contributed by atoms with E-state index in [1.807, 2.05) is 19.1 Å². The van der Waals surface area contributed by atoms with Gasteiger partial charge in [-0.25, -0.2) is 19.9 Å². The Balaban J connectivity index is 1.89. The number of nitrogen functional groups attached to an aromatic ring is 1. The Hall–Kier alpha value is -2.76. The predicted octanol–water partition coefficient (Wildman–Crippen LogP) is 3.07. The minimum absolute atomic E-state index is 0.313. The third kappa shape index (κ3) is 2.26. The normalized spacial score (nSPS) is 14.1. The first-order valence-corrected chi connectivity index (χ1v) is 8.22. The van der Waals surface area contributed by atoms with Crippen LogP contribution in [0.3, 0.4) is 0 Å². The highest BCUT2D eigenvalue weighted by Crippen LogP contribution is 2.31. The molecule has 24 heavy (non-hydrogen) atoms. The second-order valence-electron chi connectivity index (χ2n) is 6.41. The maximum absolute atomic E-state index is 5.73. The molecule has 3 aromatic rings. The molecule has 0 atom stereocenters. The molecule has 0 radical (unpaired) electrons. The summed E-state index contributed by atoms with van der Waals surface area (Å²) < 4.78 is 2.17. The minimum atomic E-state index is 0.313. The van der Waals surface area contributed by atoms with Crippen LogP contribution in [0.4, 0.5) is 5.95 Å². The zero-order chi connectivity index (χ0) is 16.8. The Labute approximate surface area is 140 Å². The van der Waals surface area contributed by atoms with E-state index in [0.29, 0.717) is 12.0 Å². The van der Waals surface area contributed by atoms with Crippen molar-refractivity contribution in [3.8, 4) is 0 Å². The Morgan fingerprint density at radius 2 is 2.00 bits per heavy atom. The topological polar surface area (TPSA) is 82.5 Å². The highest BCUT2D eigenvalue weighted by molar-refractivity contribution is 5.83. The van der Waals surface area contributed by atoms with Gasteiger partial charge in [0.15, 0.2) is 5.65 Å². The fourth-order valence-electron chi connectivity index (χ4n) is 3.41. The number of aryl methyl sites for hydroxylation is 2. The van der Waals surface area contributed by atoms with Crippen LogP contribution >= 0.6 is 0 Å². The highest BCUT2D eigenvalue weighted by Gasteiger charge is 2.19. The molecule has 0 saturated heterocycles. The molecule has 0 saturated carbocycles. The predicted molar refractivity (Wildman–Crippen MR) is 94.5 cm³/mol. The van der Waals surface area contributed by atoms with Crippen LogP contribution < -0.4 is 5.73 Å². The second-order valence-corrected chi connectivity index (χ2v) is 6.41. The quantitative estimate of drug-likeness (QED) is 0.784. The molecule has 122 valence electrons. The monoisotopic (exact) mass is 320 g/mol. The zero-order valence-corrected chi connectivity index (χ0v) is 14.1. The van der Waals surface area contributed by atoms with Crippen LogP contribution in [0.15, 0.2) is 24.4 Å². The molecular formula is C18H20N6. The molecule has 0 aromatic carbocycles. The van der Waals surface area contributed by atoms with E-state index in [0.717, 1.165) is 52.4 Å². The van der Waals surface area contributed by atoms with Gasteiger partial charge in [0.25, 0.3) is 0 Å². The number of nitrogens with two attached hydrogens (primary N) is 1. The molecule has 4 rings (SSSR count). The van der Waals surface area contributed by atoms with Gasteiger partial charge < -0.3 is 10.3 Å². The van der Waals surface area contributed by atoms with Crippen molar-refractivity contribution in [3.63, 3.8) is 0 Å². The second kappa shape index (κ2) is 5.40. The fraction of sp³-hybridized carbons (Fsp3) is 0.333. The molecule has 0 unspecified atom stereocenters. The number of pyridine rings is 1. The number of rotatable bonds is 2. The third-order valence-corrected chi connectivity index (χ3v) is 4.41. The Morgan fingerprint density at radius 1 is 1.17 bits per heavy atom. The van der Waals surface area contributed by atoms with Crippen LogP contribution in [0.2, 0.25) is 0 Å². The van der Waals surface area contributed by atoms with Crippen LogP contribution in [0.25, 0.3) is 16.7 Å². The SMILES string of the molecule is Cc1nc2ccc(C3=CCCc4nc(N)ncc43)nc2n1C(C)C. The van der Waals surface area contributed by atoms with Gasteiger partial charge in [0.2, 0.25) is 5.95 Å². The van der Waals surface area contributed by atoms with Gasteiger partial charge in [-0.05, 0) is 45.7 Å². The number of hydrogen-bond donors (Lipinski definition) is 1. The number of nitrogens with zero attached hydrogens (tertiary/aromatic N) is 5. The van der Waals surface area contributed by atoms with Crippen LogP contribution in [0, 0.1) is 6.92 Å². The van der Waals surface area contributed by atoms with E-state index in [-0.39, 0.29) is 0 Å². The molecular weight excluding hydrogens is 300 g/mol. The van der Waals surface area contributed by atoms with Crippen LogP contribution in [0.5, 0.6) is 0 Å². The van der Waals surface area contributed by atoms with Gasteiger partial charge in [-0.15, -0.1) is 0 Å². The van der Waals surface area contributed by atoms with Crippen LogP contribution in [-0.2, 0) is 6.42 Å². The van der Waals surface area contributed by atoms with Crippen LogP contribution in [-0.4, -0.2) is 24.5 Å². The summed E-state index contributed by atoms with van der Waals surface area (Å²) in [6, 6.07) is 4.38. The van der Waals surface area contributed by atoms with Crippen LogP contribution in [0.1, 0.15) is 49.1 Å². The lowest BCUT2D eigenvalue weighted by Crippen LogP contribution is -2.09. The molecule has 2 N–H and O–H groups in total. The summed E-state index contributed by atoms with van der Waals surface area (Å²) in [6.45, 7) is 6.32. The van der Waals surface area contributed by atoms with Gasteiger partial charge in [-0.3, -0.25) is 0 Å². The smallest absolute Gasteiger partial charge is 0.220 e. The van der Waals surface area contributed by atoms with Crippen molar-refractivity contribution in [2.24, 2.45) is 0 Å². The maximum atomic E-state index is 5.73. The average molecular weight is 320 g/mol. The summed E-state index contributed by atoms with van der Waals surface area (Å²) in [5.41, 5.74) is 11.6. The summed E-state index contributed by atoms with van der Waals surface area (Å²) in [5, 5.41) is 0. The maximum Gasteiger partial charge on any atom is 0.220 e. The number of aromatic nitrogens is 5. The van der Waals surface area contributed by atoms with E-state index in [1.54, 1.807) is 6.20 Å². The van der Waals surface area contributed by atoms with Crippen molar-refractivity contribution in [1.82, 2.24) is 24.5 Å². The molecule has 6 nitrogen and oxygen atoms in total. The molecule has 1 aliphatic rings. The van der Waals surface area contributed by atoms with Gasteiger partial charge >= 0.3 is 0 Å². The molecule has 0 spiro atoms. The number of anilines is 1. The first kappa shape index (κ1) is 14.8. The zero-order valence-electron chi connectivity index (χ0n) is 14.1. The first-order valence-electron chi connectivity index (χ1n) is 8.22. The molecule has 0 fully saturated rings. The van der Waals surface area contributed by atoms with E-state index in [1.165, 1.54) is 0 Å². The molecule has 3 heterocycles. The first-order chi connectivity index (χ1) is 11.5. The lowest BCUT2D eigenvalue weighted by molar-refractivity contribution is 0.595. The van der Waals surface area contributed by atoms with Gasteiger partial charge in [0, 0.05) is 23.4 Å². The highest BCUT2D eigenvalue weighted by atomic mass is 15.1. The third-order valence-electron chi connectivity index (χ3n) is 4.41. The summed E-state index contributed by atoms with van der Waals surface area (Å²) in [6.07, 6.45) is 5.83. The van der Waals surface area contributed by atoms with E-state index in [4.69, 9.17) is 10.7 Å². The van der Waals surface area contributed by atoms with Gasteiger partial charge in [-0.2, -0.15) is 0 Å². The van der Waals surface area contributed by atoms with Crippen molar-refractivity contribution in [3.05, 3.63) is 47.2 Å². The standard InChI is InChI=1S/C18H20N6/c1-10(2)24-11(3)21-16-8-7-15(22-17(16)24)12-5-4-6-14-13(12)9-20-18(19)23-14/h5,7-10H,4,6H2,1-3H3,(H2,19,20,23). The van der Waals surface area contributed by atoms with E-state index in [2.05, 4.69) is 39.4 Å².